The molecule has 0 saturated heterocycles. The maximum Gasteiger partial charge on any atom is 0.118 e. The molecule has 32 heavy (non-hydrogen) atoms. The molecule has 4 aliphatic carbocycles. The molecule has 6 heteroatoms. The first kappa shape index (κ1) is 22.4. The van der Waals surface area contributed by atoms with Crippen molar-refractivity contribution in [3.63, 3.8) is 0 Å². The van der Waals surface area contributed by atoms with E-state index < -0.39 is 0 Å². The van der Waals surface area contributed by atoms with E-state index in [9.17, 15) is 5.26 Å². The summed E-state index contributed by atoms with van der Waals surface area (Å²) >= 11 is 0. The Bertz CT molecular complexity index is 939. The first-order valence-electron chi connectivity index (χ1n) is 11.8. The van der Waals surface area contributed by atoms with Gasteiger partial charge in [-0.25, -0.2) is 4.99 Å². The van der Waals surface area contributed by atoms with Crippen molar-refractivity contribution >= 4 is 6.21 Å². The van der Waals surface area contributed by atoms with E-state index in [4.69, 9.17) is 11.5 Å². The summed E-state index contributed by atoms with van der Waals surface area (Å²) in [5.41, 5.74) is 15.9. The van der Waals surface area contributed by atoms with Crippen molar-refractivity contribution in [1.29, 1.82) is 5.26 Å². The molecule has 0 aromatic heterocycles. The Balaban J connectivity index is 1.29. The lowest BCUT2D eigenvalue weighted by atomic mass is 9.48. The SMILES string of the molecule is C=C(/N=C\C(C#N)=C(/N)NC[C@]12CC3C[C@H](C1)[C@@H](N)[C@@H](C3)C2)NCCc1ccccc1C. The van der Waals surface area contributed by atoms with E-state index in [-0.39, 0.29) is 5.41 Å². The summed E-state index contributed by atoms with van der Waals surface area (Å²) < 4.78 is 0. The maximum atomic E-state index is 9.57. The average Bonchev–Trinajstić information content (AvgIpc) is 2.77. The molecular weight excluding hydrogens is 396 g/mol. The first-order valence-corrected chi connectivity index (χ1v) is 11.8. The summed E-state index contributed by atoms with van der Waals surface area (Å²) in [7, 11) is 0. The van der Waals surface area contributed by atoms with Crippen LogP contribution in [0.3, 0.4) is 0 Å². The van der Waals surface area contributed by atoms with Crippen molar-refractivity contribution < 1.29 is 0 Å². The highest BCUT2D eigenvalue weighted by atomic mass is 15.0. The van der Waals surface area contributed by atoms with Crippen LogP contribution in [0, 0.1) is 41.4 Å². The number of rotatable bonds is 9. The summed E-state index contributed by atoms with van der Waals surface area (Å²) in [5, 5.41) is 16.1. The molecule has 6 N–H and O–H groups in total. The molecule has 1 aromatic carbocycles. The Morgan fingerprint density at radius 1 is 1.25 bits per heavy atom. The van der Waals surface area contributed by atoms with Crippen molar-refractivity contribution in [3.8, 4) is 6.07 Å². The fourth-order valence-electron chi connectivity index (χ4n) is 6.41. The van der Waals surface area contributed by atoms with Crippen LogP contribution in [0.1, 0.15) is 43.2 Å². The number of nitriles is 1. The highest BCUT2D eigenvalue weighted by Crippen LogP contribution is 2.59. The van der Waals surface area contributed by atoms with Crippen molar-refractivity contribution in [2.45, 2.75) is 51.5 Å². The monoisotopic (exact) mass is 432 g/mol. The summed E-state index contributed by atoms with van der Waals surface area (Å²) in [6, 6.07) is 10.9. The molecule has 0 heterocycles. The zero-order valence-corrected chi connectivity index (χ0v) is 19.1. The van der Waals surface area contributed by atoms with Crippen LogP contribution in [0.2, 0.25) is 0 Å². The number of hydrogen-bond donors (Lipinski definition) is 4. The second kappa shape index (κ2) is 9.38. The van der Waals surface area contributed by atoms with Crippen LogP contribution in [-0.2, 0) is 6.42 Å². The van der Waals surface area contributed by atoms with Gasteiger partial charge in [0, 0.05) is 19.1 Å². The van der Waals surface area contributed by atoms with E-state index in [1.165, 1.54) is 49.4 Å². The van der Waals surface area contributed by atoms with Crippen LogP contribution in [0.25, 0.3) is 0 Å². The first-order chi connectivity index (χ1) is 15.4. The molecule has 1 unspecified atom stereocenters. The van der Waals surface area contributed by atoms with Gasteiger partial charge in [-0.2, -0.15) is 5.26 Å². The molecule has 5 rings (SSSR count). The van der Waals surface area contributed by atoms with Gasteiger partial charge in [-0.15, -0.1) is 0 Å². The summed E-state index contributed by atoms with van der Waals surface area (Å²) in [6.45, 7) is 7.59. The smallest absolute Gasteiger partial charge is 0.118 e. The Labute approximate surface area is 191 Å². The van der Waals surface area contributed by atoms with Gasteiger partial charge in [0.15, 0.2) is 0 Å². The molecule has 170 valence electrons. The molecule has 0 radical (unpaired) electrons. The average molecular weight is 433 g/mol. The molecular formula is C26H36N6. The van der Waals surface area contributed by atoms with Gasteiger partial charge in [0.2, 0.25) is 0 Å². The van der Waals surface area contributed by atoms with Crippen LogP contribution in [0.5, 0.6) is 0 Å². The molecule has 4 aliphatic rings. The van der Waals surface area contributed by atoms with Crippen molar-refractivity contribution in [3.05, 3.63) is 59.2 Å². The predicted octanol–water partition coefficient (Wildman–Crippen LogP) is 3.11. The number of aryl methyl sites for hydroxylation is 1. The zero-order chi connectivity index (χ0) is 22.7. The molecule has 0 amide bonds. The molecule has 1 aromatic rings. The van der Waals surface area contributed by atoms with Gasteiger partial charge in [-0.05, 0) is 79.7 Å². The number of nitrogens with one attached hydrogen (secondary N) is 2. The van der Waals surface area contributed by atoms with Crippen molar-refractivity contribution in [2.75, 3.05) is 13.1 Å². The van der Waals surface area contributed by atoms with Crippen LogP contribution in [0.4, 0.5) is 0 Å². The second-order valence-corrected chi connectivity index (χ2v) is 10.1. The van der Waals surface area contributed by atoms with Gasteiger partial charge in [0.25, 0.3) is 0 Å². The van der Waals surface area contributed by atoms with Gasteiger partial charge >= 0.3 is 0 Å². The van der Waals surface area contributed by atoms with Gasteiger partial charge < -0.3 is 22.1 Å². The zero-order valence-electron chi connectivity index (χ0n) is 19.1. The Morgan fingerprint density at radius 3 is 2.66 bits per heavy atom. The highest BCUT2D eigenvalue weighted by molar-refractivity contribution is 5.85. The van der Waals surface area contributed by atoms with E-state index in [0.717, 1.165) is 25.4 Å². The topological polar surface area (TPSA) is 112 Å². The third-order valence-electron chi connectivity index (χ3n) is 7.87. The Kier molecular flexibility index (Phi) is 6.57. The normalized spacial score (nSPS) is 31.3. The molecule has 4 saturated carbocycles. The molecule has 4 fully saturated rings. The largest absolute Gasteiger partial charge is 0.384 e. The Morgan fingerprint density at radius 2 is 1.97 bits per heavy atom. The summed E-state index contributed by atoms with van der Waals surface area (Å²) in [5.74, 6) is 3.03. The number of aliphatic imine (C=N–C) groups is 1. The quantitative estimate of drug-likeness (QED) is 0.354. The Hall–Kier alpha value is -2.78. The standard InChI is InChI=1S/C26H36N6/c1-17-5-3-4-6-20(17)7-8-30-18(2)31-15-23(14-27)25(29)32-16-26-11-19-9-21(12-26)24(28)22(10-19)13-26/h3-6,15,19,21-22,24,30,32H,2,7-13,16,28-29H2,1H3/b25-23+,31-15-/t19?,21-,22+,24-,26-. The van der Waals surface area contributed by atoms with Crippen LogP contribution in [-0.4, -0.2) is 25.3 Å². The third-order valence-corrected chi connectivity index (χ3v) is 7.87. The third kappa shape index (κ3) is 4.83. The lowest BCUT2D eigenvalue weighted by Crippen LogP contribution is -2.59. The molecule has 5 atom stereocenters. The molecule has 0 aliphatic heterocycles. The van der Waals surface area contributed by atoms with Gasteiger partial charge in [0.05, 0.1) is 6.21 Å². The summed E-state index contributed by atoms with van der Waals surface area (Å²) in [4.78, 5) is 4.31. The number of allylic oxidation sites excluding steroid dienone is 1. The second-order valence-electron chi connectivity index (χ2n) is 10.1. The van der Waals surface area contributed by atoms with Gasteiger partial charge in [-0.1, -0.05) is 30.8 Å². The minimum absolute atomic E-state index is 0.273. The minimum Gasteiger partial charge on any atom is -0.384 e. The predicted molar refractivity (Wildman–Crippen MR) is 129 cm³/mol. The molecule has 0 spiro atoms. The van der Waals surface area contributed by atoms with Crippen LogP contribution < -0.4 is 22.1 Å². The van der Waals surface area contributed by atoms with E-state index in [1.54, 1.807) is 0 Å². The molecule has 4 bridgehead atoms. The van der Waals surface area contributed by atoms with Crippen LogP contribution in [0.15, 0.2) is 53.1 Å². The number of nitrogens with zero attached hydrogens (tertiary/aromatic N) is 2. The van der Waals surface area contributed by atoms with Gasteiger partial charge in [-0.3, -0.25) is 0 Å². The van der Waals surface area contributed by atoms with Crippen molar-refractivity contribution in [2.24, 2.45) is 39.6 Å². The highest BCUT2D eigenvalue weighted by Gasteiger charge is 2.54. The fourth-order valence-corrected chi connectivity index (χ4v) is 6.41. The van der Waals surface area contributed by atoms with Gasteiger partial charge in [0.1, 0.15) is 23.3 Å². The number of benzene rings is 1. The number of hydrogen-bond acceptors (Lipinski definition) is 6. The van der Waals surface area contributed by atoms with E-state index >= 15 is 0 Å². The fraction of sp³-hybridized carbons (Fsp3) is 0.538. The summed E-state index contributed by atoms with van der Waals surface area (Å²) in [6.07, 6.45) is 8.59. The van der Waals surface area contributed by atoms with Crippen molar-refractivity contribution in [1.82, 2.24) is 10.6 Å². The molecule has 6 nitrogen and oxygen atoms in total. The lowest BCUT2D eigenvalue weighted by molar-refractivity contribution is -0.0643. The minimum atomic E-state index is 0.273. The van der Waals surface area contributed by atoms with Crippen LogP contribution >= 0.6 is 0 Å². The van der Waals surface area contributed by atoms with E-state index in [2.05, 4.69) is 47.3 Å². The van der Waals surface area contributed by atoms with E-state index in [0.29, 0.717) is 35.1 Å². The van der Waals surface area contributed by atoms with E-state index in [1.807, 2.05) is 12.1 Å². The maximum absolute atomic E-state index is 9.57. The lowest BCUT2D eigenvalue weighted by Gasteiger charge is -2.59. The number of nitrogens with two attached hydrogens (primary N) is 2.